The first-order valence-electron chi connectivity index (χ1n) is 10.1. The van der Waals surface area contributed by atoms with Crippen LogP contribution >= 0.6 is 11.8 Å². The highest BCUT2D eigenvalue weighted by Crippen LogP contribution is 2.48. The minimum Gasteiger partial charge on any atom is -0.497 e. The summed E-state index contributed by atoms with van der Waals surface area (Å²) in [4.78, 5) is 3.69. The van der Waals surface area contributed by atoms with Crippen LogP contribution in [0.3, 0.4) is 0 Å². The maximum atomic E-state index is 5.61. The summed E-state index contributed by atoms with van der Waals surface area (Å²) in [6.45, 7) is 4.22. The second-order valence-corrected chi connectivity index (χ2v) is 8.89. The number of benzene rings is 2. The molecule has 3 aromatic rings. The molecule has 3 heterocycles. The third kappa shape index (κ3) is 3.47. The van der Waals surface area contributed by atoms with E-state index >= 15 is 0 Å². The number of anilines is 1. The van der Waals surface area contributed by atoms with Crippen molar-refractivity contribution in [2.45, 2.75) is 30.0 Å². The number of rotatable bonds is 4. The minimum absolute atomic E-state index is 0.300. The van der Waals surface area contributed by atoms with Gasteiger partial charge >= 0.3 is 0 Å². The fourth-order valence-corrected chi connectivity index (χ4v) is 5.31. The summed E-state index contributed by atoms with van der Waals surface area (Å²) < 4.78 is 18.6. The Balaban J connectivity index is 1.48. The fourth-order valence-electron chi connectivity index (χ4n) is 4.00. The zero-order valence-corrected chi connectivity index (χ0v) is 18.2. The quantitative estimate of drug-likeness (QED) is 0.606. The number of aromatic nitrogens is 2. The Morgan fingerprint density at radius 2 is 2.03 bits per heavy atom. The van der Waals surface area contributed by atoms with E-state index in [1.165, 1.54) is 27.4 Å². The predicted molar refractivity (Wildman–Crippen MR) is 118 cm³/mol. The van der Waals surface area contributed by atoms with E-state index in [0.29, 0.717) is 12.0 Å². The van der Waals surface area contributed by atoms with Gasteiger partial charge in [-0.25, -0.2) is 0 Å². The summed E-state index contributed by atoms with van der Waals surface area (Å²) in [7, 11) is 3.71. The van der Waals surface area contributed by atoms with Gasteiger partial charge in [-0.2, -0.15) is 5.10 Å². The van der Waals surface area contributed by atoms with Gasteiger partial charge < -0.3 is 19.1 Å². The van der Waals surface area contributed by atoms with Gasteiger partial charge in [-0.05, 0) is 49.2 Å². The number of aryl methyl sites for hydroxylation is 1. The number of ether oxygens (including phenoxy) is 3. The van der Waals surface area contributed by atoms with Crippen LogP contribution < -0.4 is 19.1 Å². The van der Waals surface area contributed by atoms with E-state index in [1.54, 1.807) is 7.11 Å². The van der Waals surface area contributed by atoms with Gasteiger partial charge in [0.15, 0.2) is 11.5 Å². The third-order valence-corrected chi connectivity index (χ3v) is 7.28. The zero-order valence-electron chi connectivity index (χ0n) is 17.4. The number of nitrogens with zero attached hydrogens (tertiary/aromatic N) is 3. The lowest BCUT2D eigenvalue weighted by Crippen LogP contribution is -2.24. The van der Waals surface area contributed by atoms with Crippen LogP contribution in [-0.4, -0.2) is 30.2 Å². The lowest BCUT2D eigenvalue weighted by Gasteiger charge is -2.24. The molecule has 0 bridgehead atoms. The van der Waals surface area contributed by atoms with E-state index < -0.39 is 0 Å². The van der Waals surface area contributed by atoms with Crippen molar-refractivity contribution < 1.29 is 14.2 Å². The maximum Gasteiger partial charge on any atom is 0.231 e. The summed E-state index contributed by atoms with van der Waals surface area (Å²) in [5.74, 6) is 2.55. The molecule has 0 unspecified atom stereocenters. The second-order valence-electron chi connectivity index (χ2n) is 7.64. The Labute approximate surface area is 180 Å². The van der Waals surface area contributed by atoms with Crippen molar-refractivity contribution in [3.8, 4) is 17.2 Å². The number of methoxy groups -OCH3 is 1. The van der Waals surface area contributed by atoms with E-state index in [9.17, 15) is 0 Å². The van der Waals surface area contributed by atoms with E-state index in [4.69, 9.17) is 14.2 Å². The summed E-state index contributed by atoms with van der Waals surface area (Å²) in [5.41, 5.74) is 4.96. The Kier molecular flexibility index (Phi) is 4.98. The number of thioether (sulfide) groups is 1. The minimum atomic E-state index is 0.300. The molecule has 2 aromatic carbocycles. The molecule has 2 aliphatic heterocycles. The molecular formula is C23H25N3O3S. The van der Waals surface area contributed by atoms with Crippen LogP contribution in [0.1, 0.15) is 28.5 Å². The number of hydrogen-bond donors (Lipinski definition) is 0. The standard InChI is InChI=1S/C23H25N3O3S/c1-15-17(12-24-25(15)2)13-26-9-8-22(16-4-7-20-21(10-16)29-14-28-20)30-23-11-18(27-3)5-6-19(23)26/h4-7,10-12,22H,8-9,13-14H2,1-3H3/t22-/m1/s1. The number of hydrogen-bond acceptors (Lipinski definition) is 6. The molecule has 0 radical (unpaired) electrons. The monoisotopic (exact) mass is 423 g/mol. The highest BCUT2D eigenvalue weighted by atomic mass is 32.2. The predicted octanol–water partition coefficient (Wildman–Crippen LogP) is 4.71. The molecule has 1 aromatic heterocycles. The lowest BCUT2D eigenvalue weighted by atomic mass is 10.1. The molecule has 1 atom stereocenters. The molecule has 0 N–H and O–H groups in total. The fraction of sp³-hybridized carbons (Fsp3) is 0.348. The number of fused-ring (bicyclic) bond motifs is 2. The molecule has 2 aliphatic rings. The lowest BCUT2D eigenvalue weighted by molar-refractivity contribution is 0.174. The highest BCUT2D eigenvalue weighted by Gasteiger charge is 2.26. The topological polar surface area (TPSA) is 48.8 Å². The molecule has 7 heteroatoms. The molecule has 0 saturated heterocycles. The van der Waals surface area contributed by atoms with E-state index in [-0.39, 0.29) is 0 Å². The first kappa shape index (κ1) is 19.2. The normalized spacial score (nSPS) is 17.6. The van der Waals surface area contributed by atoms with Gasteiger partial charge in [0.1, 0.15) is 5.75 Å². The second kappa shape index (κ2) is 7.80. The van der Waals surface area contributed by atoms with Crippen LogP contribution in [0.4, 0.5) is 5.69 Å². The largest absolute Gasteiger partial charge is 0.497 e. The van der Waals surface area contributed by atoms with Crippen molar-refractivity contribution in [1.29, 1.82) is 0 Å². The molecule has 0 fully saturated rings. The first-order valence-corrected chi connectivity index (χ1v) is 11.0. The van der Waals surface area contributed by atoms with Gasteiger partial charge in [0.25, 0.3) is 0 Å². The van der Waals surface area contributed by atoms with E-state index in [1.807, 2.05) is 41.8 Å². The third-order valence-electron chi connectivity index (χ3n) is 5.90. The van der Waals surface area contributed by atoms with Crippen LogP contribution in [0.15, 0.2) is 47.5 Å². The highest BCUT2D eigenvalue weighted by molar-refractivity contribution is 7.99. The maximum absolute atomic E-state index is 5.61. The molecule has 0 spiro atoms. The molecule has 0 saturated carbocycles. The summed E-state index contributed by atoms with van der Waals surface area (Å²) >= 11 is 1.89. The molecule has 30 heavy (non-hydrogen) atoms. The Hall–Kier alpha value is -2.80. The summed E-state index contributed by atoms with van der Waals surface area (Å²) in [5, 5.41) is 4.75. The van der Waals surface area contributed by atoms with Crippen LogP contribution in [-0.2, 0) is 13.6 Å². The molecule has 6 nitrogen and oxygen atoms in total. The average Bonchev–Trinajstić information content (AvgIpc) is 3.31. The Morgan fingerprint density at radius 1 is 1.17 bits per heavy atom. The Morgan fingerprint density at radius 3 is 2.83 bits per heavy atom. The van der Waals surface area contributed by atoms with Gasteiger partial charge in [0.2, 0.25) is 6.79 Å². The molecule has 0 amide bonds. The van der Waals surface area contributed by atoms with Gasteiger partial charge in [-0.15, -0.1) is 11.8 Å². The van der Waals surface area contributed by atoms with Crippen LogP contribution in [0.25, 0.3) is 0 Å². The van der Waals surface area contributed by atoms with Gasteiger partial charge in [0, 0.05) is 41.5 Å². The van der Waals surface area contributed by atoms with Gasteiger partial charge in [0.05, 0.1) is 19.0 Å². The van der Waals surface area contributed by atoms with Crippen LogP contribution in [0.2, 0.25) is 0 Å². The van der Waals surface area contributed by atoms with Gasteiger partial charge in [-0.3, -0.25) is 4.68 Å². The SMILES string of the molecule is COc1ccc2c(c1)S[C@@H](c1ccc3c(c1)OCO3)CCN2Cc1cnn(C)c1C. The van der Waals surface area contributed by atoms with Crippen molar-refractivity contribution >= 4 is 17.4 Å². The van der Waals surface area contributed by atoms with Crippen molar-refractivity contribution in [3.63, 3.8) is 0 Å². The van der Waals surface area contributed by atoms with Gasteiger partial charge in [-0.1, -0.05) is 6.07 Å². The molecular weight excluding hydrogens is 398 g/mol. The van der Waals surface area contributed by atoms with Crippen molar-refractivity contribution in [3.05, 3.63) is 59.4 Å². The first-order chi connectivity index (χ1) is 14.6. The summed E-state index contributed by atoms with van der Waals surface area (Å²) in [6, 6.07) is 12.7. The van der Waals surface area contributed by atoms with Crippen molar-refractivity contribution in [2.75, 3.05) is 25.3 Å². The van der Waals surface area contributed by atoms with Crippen molar-refractivity contribution in [2.24, 2.45) is 7.05 Å². The smallest absolute Gasteiger partial charge is 0.231 e. The van der Waals surface area contributed by atoms with Crippen LogP contribution in [0, 0.1) is 6.92 Å². The Bertz CT molecular complexity index is 1080. The summed E-state index contributed by atoms with van der Waals surface area (Å²) in [6.07, 6.45) is 3.01. The average molecular weight is 424 g/mol. The van der Waals surface area contributed by atoms with Crippen LogP contribution in [0.5, 0.6) is 17.2 Å². The molecule has 156 valence electrons. The van der Waals surface area contributed by atoms with E-state index in [2.05, 4.69) is 41.2 Å². The molecule has 5 rings (SSSR count). The van der Waals surface area contributed by atoms with E-state index in [0.717, 1.165) is 36.8 Å². The molecule has 0 aliphatic carbocycles. The van der Waals surface area contributed by atoms with Crippen molar-refractivity contribution in [1.82, 2.24) is 9.78 Å². The zero-order chi connectivity index (χ0) is 20.7.